The Bertz CT molecular complexity index is 749. The van der Waals surface area contributed by atoms with E-state index in [1.54, 1.807) is 7.05 Å². The third kappa shape index (κ3) is 4.77. The quantitative estimate of drug-likeness (QED) is 0.315. The smallest absolute Gasteiger partial charge is 0.261 e. The molecule has 0 saturated heterocycles. The summed E-state index contributed by atoms with van der Waals surface area (Å²) in [5.74, 6) is -2.86. The molecule has 1 aliphatic carbocycles. The molecule has 0 aliphatic heterocycles. The van der Waals surface area contributed by atoms with Crippen molar-refractivity contribution in [2.24, 2.45) is 7.05 Å². The molecule has 1 aromatic heterocycles. The number of alkyl halides is 3. The van der Waals surface area contributed by atoms with E-state index < -0.39 is 21.4 Å². The molecule has 0 bridgehead atoms. The van der Waals surface area contributed by atoms with Crippen LogP contribution in [0.2, 0.25) is 0 Å². The van der Waals surface area contributed by atoms with E-state index in [4.69, 9.17) is 0 Å². The number of rotatable bonds is 8. The van der Waals surface area contributed by atoms with E-state index in [0.717, 1.165) is 31.7 Å². The number of halogens is 3. The molecule has 150 valence electrons. The predicted molar refractivity (Wildman–Crippen MR) is 110 cm³/mol. The minimum atomic E-state index is -2.81. The van der Waals surface area contributed by atoms with Crippen LogP contribution in [0.25, 0.3) is 0 Å². The second kappa shape index (κ2) is 7.98. The number of carbonyl (C=O) groups excluding carboxylic acids is 1. The van der Waals surface area contributed by atoms with E-state index in [1.807, 2.05) is 22.6 Å². The summed E-state index contributed by atoms with van der Waals surface area (Å²) in [6.07, 6.45) is 3.88. The van der Waals surface area contributed by atoms with Gasteiger partial charge in [-0.25, -0.2) is 8.78 Å². The number of hydrogen-bond donors (Lipinski definition) is 2. The van der Waals surface area contributed by atoms with Crippen molar-refractivity contribution in [3.63, 3.8) is 0 Å². The number of aromatic nitrogens is 2. The molecule has 0 spiro atoms. The van der Waals surface area contributed by atoms with Gasteiger partial charge in [0.05, 0.1) is 9.62 Å². The average molecular weight is 493 g/mol. The van der Waals surface area contributed by atoms with E-state index in [0.29, 0.717) is 11.5 Å². The lowest BCUT2D eigenvalue weighted by molar-refractivity contribution is -0.128. The molecule has 1 heterocycles. The highest BCUT2D eigenvalue weighted by Crippen LogP contribution is 2.46. The van der Waals surface area contributed by atoms with Crippen molar-refractivity contribution in [3.8, 4) is 0 Å². The largest absolute Gasteiger partial charge is 0.376 e. The SMILES string of the molecule is C=CC(=C)C(C)(O)C(=O)Nc1c(C2CCC2)c(C(I)CC(C)(F)F)nn1C. The Kier molecular flexibility index (Phi) is 6.51. The minimum absolute atomic E-state index is 0.166. The van der Waals surface area contributed by atoms with E-state index in [-0.39, 0.29) is 17.9 Å². The first-order chi connectivity index (χ1) is 12.4. The third-order valence-electron chi connectivity index (χ3n) is 5.01. The first-order valence-electron chi connectivity index (χ1n) is 8.82. The zero-order valence-corrected chi connectivity index (χ0v) is 18.0. The van der Waals surface area contributed by atoms with Crippen molar-refractivity contribution >= 4 is 34.3 Å². The van der Waals surface area contributed by atoms with Crippen LogP contribution in [-0.2, 0) is 11.8 Å². The molecule has 5 nitrogen and oxygen atoms in total. The minimum Gasteiger partial charge on any atom is -0.376 e. The number of nitrogens with zero attached hydrogens (tertiary/aromatic N) is 2. The maximum Gasteiger partial charge on any atom is 0.261 e. The van der Waals surface area contributed by atoms with Gasteiger partial charge in [0, 0.05) is 19.0 Å². The molecule has 2 unspecified atom stereocenters. The zero-order valence-electron chi connectivity index (χ0n) is 15.9. The Balaban J connectivity index is 2.40. The Morgan fingerprint density at radius 1 is 1.52 bits per heavy atom. The van der Waals surface area contributed by atoms with Gasteiger partial charge in [-0.1, -0.05) is 48.2 Å². The van der Waals surface area contributed by atoms with Crippen LogP contribution in [0.5, 0.6) is 0 Å². The van der Waals surface area contributed by atoms with Crippen LogP contribution in [0.4, 0.5) is 14.6 Å². The molecular formula is C19H26F2IN3O2. The van der Waals surface area contributed by atoms with Crippen molar-refractivity contribution in [2.75, 3.05) is 5.32 Å². The van der Waals surface area contributed by atoms with Crippen LogP contribution < -0.4 is 5.32 Å². The standard InChI is InChI=1S/C19H26F2IN3O2/c1-6-11(2)19(4,27)17(26)23-16-14(12-8-7-9-12)15(24-25(16)5)13(22)10-18(3,20)21/h6,12-13,27H,1-2,7-10H2,3-5H3,(H,23,26). The van der Waals surface area contributed by atoms with Crippen LogP contribution in [0, 0.1) is 0 Å². The molecule has 2 N–H and O–H groups in total. The van der Waals surface area contributed by atoms with Crippen LogP contribution in [0.1, 0.15) is 60.6 Å². The Morgan fingerprint density at radius 2 is 2.11 bits per heavy atom. The monoisotopic (exact) mass is 493 g/mol. The van der Waals surface area contributed by atoms with Crippen LogP contribution in [0.3, 0.4) is 0 Å². The summed E-state index contributed by atoms with van der Waals surface area (Å²) in [5, 5.41) is 17.6. The Hall–Kier alpha value is -1.29. The van der Waals surface area contributed by atoms with Gasteiger partial charge in [0.2, 0.25) is 5.92 Å². The second-order valence-corrected chi connectivity index (χ2v) is 8.90. The molecule has 8 heteroatoms. The highest BCUT2D eigenvalue weighted by molar-refractivity contribution is 14.1. The van der Waals surface area contributed by atoms with E-state index in [9.17, 15) is 18.7 Å². The van der Waals surface area contributed by atoms with Crippen molar-refractivity contribution in [1.82, 2.24) is 9.78 Å². The summed E-state index contributed by atoms with van der Waals surface area (Å²) in [6.45, 7) is 9.42. The third-order valence-corrected chi connectivity index (χ3v) is 6.04. The van der Waals surface area contributed by atoms with Crippen molar-refractivity contribution in [3.05, 3.63) is 36.1 Å². The molecule has 1 fully saturated rings. The van der Waals surface area contributed by atoms with Crippen molar-refractivity contribution in [2.45, 2.75) is 60.9 Å². The number of carbonyl (C=O) groups is 1. The van der Waals surface area contributed by atoms with Gasteiger partial charge >= 0.3 is 0 Å². The van der Waals surface area contributed by atoms with Crippen LogP contribution >= 0.6 is 22.6 Å². The maximum absolute atomic E-state index is 13.5. The molecule has 1 aromatic rings. The van der Waals surface area contributed by atoms with Gasteiger partial charge in [-0.15, -0.1) is 0 Å². The van der Waals surface area contributed by atoms with Crippen molar-refractivity contribution in [1.29, 1.82) is 0 Å². The molecule has 27 heavy (non-hydrogen) atoms. The fourth-order valence-corrected chi connectivity index (χ4v) is 4.26. The summed E-state index contributed by atoms with van der Waals surface area (Å²) >= 11 is 1.98. The molecule has 2 atom stereocenters. The molecule has 1 amide bonds. The normalized spacial score (nSPS) is 18.3. The highest BCUT2D eigenvalue weighted by atomic mass is 127. The summed E-state index contributed by atoms with van der Waals surface area (Å²) in [6, 6.07) is 0. The second-order valence-electron chi connectivity index (χ2n) is 7.40. The zero-order chi connectivity index (χ0) is 20.6. The van der Waals surface area contributed by atoms with Gasteiger partial charge < -0.3 is 10.4 Å². The maximum atomic E-state index is 13.5. The van der Waals surface area contributed by atoms with Gasteiger partial charge in [-0.2, -0.15) is 5.10 Å². The van der Waals surface area contributed by atoms with Gasteiger partial charge in [0.1, 0.15) is 5.82 Å². The van der Waals surface area contributed by atoms with Gasteiger partial charge in [0.15, 0.2) is 5.60 Å². The summed E-state index contributed by atoms with van der Waals surface area (Å²) < 4.78 is 28.1. The fraction of sp³-hybridized carbons (Fsp3) is 0.579. The number of nitrogens with one attached hydrogen (secondary N) is 1. The lowest BCUT2D eigenvalue weighted by Crippen LogP contribution is -2.41. The first kappa shape index (κ1) is 22.0. The Morgan fingerprint density at radius 3 is 2.56 bits per heavy atom. The van der Waals surface area contributed by atoms with Gasteiger partial charge in [-0.3, -0.25) is 9.48 Å². The van der Waals surface area contributed by atoms with Crippen molar-refractivity contribution < 1.29 is 18.7 Å². The number of anilines is 1. The molecule has 1 saturated carbocycles. The fourth-order valence-electron chi connectivity index (χ4n) is 3.03. The summed E-state index contributed by atoms with van der Waals surface area (Å²) in [5.41, 5.74) is -0.295. The molecular weight excluding hydrogens is 467 g/mol. The van der Waals surface area contributed by atoms with Crippen LogP contribution in [0.15, 0.2) is 24.8 Å². The van der Waals surface area contributed by atoms with E-state index in [2.05, 4.69) is 23.6 Å². The molecule has 2 rings (SSSR count). The molecule has 1 aliphatic rings. The highest BCUT2D eigenvalue weighted by Gasteiger charge is 2.38. The van der Waals surface area contributed by atoms with E-state index in [1.165, 1.54) is 17.7 Å². The van der Waals surface area contributed by atoms with Gasteiger partial charge in [-0.05, 0) is 38.2 Å². The van der Waals surface area contributed by atoms with E-state index >= 15 is 0 Å². The summed E-state index contributed by atoms with van der Waals surface area (Å²) in [4.78, 5) is 12.6. The average Bonchev–Trinajstić information content (AvgIpc) is 2.80. The van der Waals surface area contributed by atoms with Gasteiger partial charge in [0.25, 0.3) is 5.91 Å². The topological polar surface area (TPSA) is 67.2 Å². The number of amides is 1. The number of hydrogen-bond acceptors (Lipinski definition) is 3. The summed E-state index contributed by atoms with van der Waals surface area (Å²) in [7, 11) is 1.66. The molecule has 0 radical (unpaired) electrons. The number of aliphatic hydroxyl groups is 1. The predicted octanol–water partition coefficient (Wildman–Crippen LogP) is 4.64. The first-order valence-corrected chi connectivity index (χ1v) is 10.1. The molecule has 0 aromatic carbocycles. The lowest BCUT2D eigenvalue weighted by Gasteiger charge is -2.29. The van der Waals surface area contributed by atoms with Crippen LogP contribution in [-0.4, -0.2) is 32.3 Å². The Labute approximate surface area is 172 Å². The lowest BCUT2D eigenvalue weighted by atomic mass is 9.79. The number of aryl methyl sites for hydroxylation is 1.